The summed E-state index contributed by atoms with van der Waals surface area (Å²) in [5.41, 5.74) is 0.766. The van der Waals surface area contributed by atoms with Crippen LogP contribution in [0.2, 0.25) is 0 Å². The van der Waals surface area contributed by atoms with Gasteiger partial charge in [-0.05, 0) is 31.5 Å². The molecular formula is C17H22N4O2. The maximum absolute atomic E-state index is 12.4. The molecule has 1 aliphatic heterocycles. The van der Waals surface area contributed by atoms with E-state index < -0.39 is 0 Å². The van der Waals surface area contributed by atoms with Crippen LogP contribution in [0.15, 0.2) is 30.3 Å². The van der Waals surface area contributed by atoms with Gasteiger partial charge in [0.25, 0.3) is 0 Å². The minimum Gasteiger partial charge on any atom is -0.344 e. The molecule has 6 nitrogen and oxygen atoms in total. The monoisotopic (exact) mass is 314 g/mol. The van der Waals surface area contributed by atoms with Crippen LogP contribution in [0.25, 0.3) is 0 Å². The fourth-order valence-electron chi connectivity index (χ4n) is 2.70. The summed E-state index contributed by atoms with van der Waals surface area (Å²) in [6.45, 7) is 1.38. The Morgan fingerprint density at radius 3 is 2.83 bits per heavy atom. The summed E-state index contributed by atoms with van der Waals surface area (Å²) < 4.78 is 0. The fraction of sp³-hybridized carbons (Fsp3) is 0.471. The van der Waals surface area contributed by atoms with Crippen LogP contribution < -0.4 is 5.32 Å². The molecule has 1 atom stereocenters. The molecule has 1 heterocycles. The summed E-state index contributed by atoms with van der Waals surface area (Å²) >= 11 is 0. The van der Waals surface area contributed by atoms with Crippen molar-refractivity contribution in [1.29, 1.82) is 5.26 Å². The van der Waals surface area contributed by atoms with Crippen LogP contribution in [0.1, 0.15) is 19.3 Å². The van der Waals surface area contributed by atoms with Crippen LogP contribution in [0.4, 0.5) is 5.69 Å². The zero-order chi connectivity index (χ0) is 16.7. The molecule has 122 valence electrons. The van der Waals surface area contributed by atoms with E-state index in [1.54, 1.807) is 11.9 Å². The van der Waals surface area contributed by atoms with Crippen molar-refractivity contribution >= 4 is 17.5 Å². The Morgan fingerprint density at radius 2 is 2.13 bits per heavy atom. The molecule has 1 aromatic rings. The average molecular weight is 314 g/mol. The minimum atomic E-state index is -0.275. The van der Waals surface area contributed by atoms with Gasteiger partial charge in [-0.2, -0.15) is 5.26 Å². The lowest BCUT2D eigenvalue weighted by atomic mass is 10.2. The maximum atomic E-state index is 12.4. The summed E-state index contributed by atoms with van der Waals surface area (Å²) in [7, 11) is 1.69. The predicted octanol–water partition coefficient (Wildman–Crippen LogP) is 1.46. The number of carbonyl (C=O) groups excluding carboxylic acids is 2. The van der Waals surface area contributed by atoms with Crippen LogP contribution in [-0.4, -0.2) is 54.3 Å². The molecule has 1 saturated heterocycles. The number of hydrogen-bond acceptors (Lipinski definition) is 4. The lowest BCUT2D eigenvalue weighted by Gasteiger charge is -2.25. The summed E-state index contributed by atoms with van der Waals surface area (Å²) in [5, 5.41) is 11.5. The molecule has 0 spiro atoms. The Bertz CT molecular complexity index is 582. The molecule has 1 N–H and O–H groups in total. The first-order chi connectivity index (χ1) is 11.1. The molecule has 0 bridgehead atoms. The van der Waals surface area contributed by atoms with Crippen molar-refractivity contribution in [3.8, 4) is 6.07 Å². The van der Waals surface area contributed by atoms with Crippen LogP contribution in [0.3, 0.4) is 0 Å². The van der Waals surface area contributed by atoms with Crippen molar-refractivity contribution in [3.05, 3.63) is 30.3 Å². The van der Waals surface area contributed by atoms with E-state index in [9.17, 15) is 9.59 Å². The SMILES string of the molecule is CN(CCC#N)C(=O)CN1CCC[C@H]1C(=O)Nc1ccccc1. The number of carbonyl (C=O) groups is 2. The number of nitrogens with zero attached hydrogens (tertiary/aromatic N) is 3. The number of anilines is 1. The normalized spacial score (nSPS) is 17.5. The highest BCUT2D eigenvalue weighted by Gasteiger charge is 2.32. The van der Waals surface area contributed by atoms with Crippen molar-refractivity contribution in [1.82, 2.24) is 9.80 Å². The number of likely N-dealkylation sites (tertiary alicyclic amines) is 1. The molecule has 1 aliphatic rings. The van der Waals surface area contributed by atoms with Gasteiger partial charge >= 0.3 is 0 Å². The number of amides is 2. The zero-order valence-electron chi connectivity index (χ0n) is 13.4. The van der Waals surface area contributed by atoms with E-state index in [4.69, 9.17) is 5.26 Å². The molecule has 0 aromatic heterocycles. The predicted molar refractivity (Wildman–Crippen MR) is 87.5 cm³/mol. The molecule has 1 aromatic carbocycles. The fourth-order valence-corrected chi connectivity index (χ4v) is 2.70. The first kappa shape index (κ1) is 17.0. The third-order valence-corrected chi connectivity index (χ3v) is 4.03. The van der Waals surface area contributed by atoms with Crippen LogP contribution >= 0.6 is 0 Å². The Kier molecular flexibility index (Phi) is 6.12. The first-order valence-electron chi connectivity index (χ1n) is 7.82. The molecule has 2 amide bonds. The van der Waals surface area contributed by atoms with Crippen molar-refractivity contribution in [2.24, 2.45) is 0 Å². The summed E-state index contributed by atoms with van der Waals surface area (Å²) in [5.74, 6) is -0.124. The van der Waals surface area contributed by atoms with E-state index in [2.05, 4.69) is 5.32 Å². The quantitative estimate of drug-likeness (QED) is 0.862. The third kappa shape index (κ3) is 4.80. The number of benzene rings is 1. The summed E-state index contributed by atoms with van der Waals surface area (Å²) in [6.07, 6.45) is 1.98. The minimum absolute atomic E-state index is 0.0559. The zero-order valence-corrected chi connectivity index (χ0v) is 13.4. The number of nitriles is 1. The summed E-state index contributed by atoms with van der Waals surface area (Å²) in [6, 6.07) is 11.1. The smallest absolute Gasteiger partial charge is 0.241 e. The highest BCUT2D eigenvalue weighted by atomic mass is 16.2. The molecule has 2 rings (SSSR count). The number of nitrogens with one attached hydrogen (secondary N) is 1. The second-order valence-electron chi connectivity index (χ2n) is 5.71. The number of para-hydroxylation sites is 1. The summed E-state index contributed by atoms with van der Waals surface area (Å²) in [4.78, 5) is 28.1. The third-order valence-electron chi connectivity index (χ3n) is 4.03. The van der Waals surface area contributed by atoms with Crippen molar-refractivity contribution in [2.45, 2.75) is 25.3 Å². The number of rotatable bonds is 6. The highest BCUT2D eigenvalue weighted by molar-refractivity contribution is 5.95. The van der Waals surface area contributed by atoms with Crippen molar-refractivity contribution in [3.63, 3.8) is 0 Å². The average Bonchev–Trinajstić information content (AvgIpc) is 3.01. The van der Waals surface area contributed by atoms with Crippen LogP contribution in [0.5, 0.6) is 0 Å². The lowest BCUT2D eigenvalue weighted by molar-refractivity contribution is -0.132. The van der Waals surface area contributed by atoms with Gasteiger partial charge in [0.1, 0.15) is 0 Å². The largest absolute Gasteiger partial charge is 0.344 e. The molecule has 0 unspecified atom stereocenters. The van der Waals surface area contributed by atoms with E-state index in [-0.39, 0.29) is 24.4 Å². The Hall–Kier alpha value is -2.39. The topological polar surface area (TPSA) is 76.4 Å². The maximum Gasteiger partial charge on any atom is 0.241 e. The molecule has 6 heteroatoms. The molecule has 0 aliphatic carbocycles. The standard InChI is InChI=1S/C17H22N4O2/c1-20(11-6-10-18)16(22)13-21-12-5-9-15(21)17(23)19-14-7-3-2-4-8-14/h2-4,7-8,15H,5-6,9,11-13H2,1H3,(H,19,23)/t15-/m0/s1. The lowest BCUT2D eigenvalue weighted by Crippen LogP contribution is -2.45. The van der Waals surface area contributed by atoms with Gasteiger partial charge in [-0.25, -0.2) is 0 Å². The van der Waals surface area contributed by atoms with Crippen LogP contribution in [0, 0.1) is 11.3 Å². The van der Waals surface area contributed by atoms with Gasteiger partial charge in [0, 0.05) is 19.3 Å². The van der Waals surface area contributed by atoms with Crippen molar-refractivity contribution in [2.75, 3.05) is 32.0 Å². The van der Waals surface area contributed by atoms with E-state index in [0.29, 0.717) is 13.0 Å². The Balaban J connectivity index is 1.90. The van der Waals surface area contributed by atoms with E-state index in [0.717, 1.165) is 25.1 Å². The molecule has 23 heavy (non-hydrogen) atoms. The second kappa shape index (κ2) is 8.30. The van der Waals surface area contributed by atoms with Crippen LogP contribution in [-0.2, 0) is 9.59 Å². The van der Waals surface area contributed by atoms with Crippen molar-refractivity contribution < 1.29 is 9.59 Å². The van der Waals surface area contributed by atoms with E-state index in [1.165, 1.54) is 0 Å². The number of hydrogen-bond donors (Lipinski definition) is 1. The molecule has 0 saturated carbocycles. The van der Waals surface area contributed by atoms with Gasteiger partial charge in [-0.3, -0.25) is 14.5 Å². The van der Waals surface area contributed by atoms with Gasteiger partial charge in [0.05, 0.1) is 25.1 Å². The van der Waals surface area contributed by atoms with Gasteiger partial charge < -0.3 is 10.2 Å². The highest BCUT2D eigenvalue weighted by Crippen LogP contribution is 2.19. The molecule has 0 radical (unpaired) electrons. The Morgan fingerprint density at radius 1 is 1.39 bits per heavy atom. The second-order valence-corrected chi connectivity index (χ2v) is 5.71. The van der Waals surface area contributed by atoms with E-state index >= 15 is 0 Å². The molecular weight excluding hydrogens is 292 g/mol. The first-order valence-corrected chi connectivity index (χ1v) is 7.82. The van der Waals surface area contributed by atoms with Gasteiger partial charge in [0.2, 0.25) is 11.8 Å². The Labute approximate surface area is 136 Å². The van der Waals surface area contributed by atoms with Gasteiger partial charge in [-0.15, -0.1) is 0 Å². The molecule has 1 fully saturated rings. The number of likely N-dealkylation sites (N-methyl/N-ethyl adjacent to an activating group) is 1. The van der Waals surface area contributed by atoms with E-state index in [1.807, 2.05) is 41.3 Å². The van der Waals surface area contributed by atoms with Gasteiger partial charge in [0.15, 0.2) is 0 Å². The van der Waals surface area contributed by atoms with Gasteiger partial charge in [-0.1, -0.05) is 18.2 Å².